The second kappa shape index (κ2) is 5.41. The van der Waals surface area contributed by atoms with E-state index in [1.807, 2.05) is 6.07 Å². The summed E-state index contributed by atoms with van der Waals surface area (Å²) in [6.45, 7) is 2.19. The van der Waals surface area contributed by atoms with Gasteiger partial charge in [-0.2, -0.15) is 11.3 Å². The van der Waals surface area contributed by atoms with Gasteiger partial charge in [-0.3, -0.25) is 0 Å². The number of aryl methyl sites for hydroxylation is 1. The van der Waals surface area contributed by atoms with Gasteiger partial charge in [-0.15, -0.1) is 0 Å². The summed E-state index contributed by atoms with van der Waals surface area (Å²) >= 11 is 1.70. The number of hydrogen-bond acceptors (Lipinski definition) is 2. The highest BCUT2D eigenvalue weighted by molar-refractivity contribution is 7.08. The van der Waals surface area contributed by atoms with Crippen LogP contribution in [0.3, 0.4) is 0 Å². The van der Waals surface area contributed by atoms with E-state index in [0.717, 1.165) is 30.1 Å². The van der Waals surface area contributed by atoms with Crippen LogP contribution in [0.1, 0.15) is 19.0 Å². The molecular formula is C16H16N2S. The average Bonchev–Trinajstić information content (AvgIpc) is 3.08. The van der Waals surface area contributed by atoms with Crippen LogP contribution in [0.4, 0.5) is 0 Å². The summed E-state index contributed by atoms with van der Waals surface area (Å²) in [5.74, 6) is 0.976. The van der Waals surface area contributed by atoms with E-state index in [4.69, 9.17) is 4.98 Å². The number of nitrogens with one attached hydrogen (secondary N) is 1. The fraction of sp³-hybridized carbons (Fsp3) is 0.188. The van der Waals surface area contributed by atoms with Crippen molar-refractivity contribution in [2.75, 3.05) is 0 Å². The van der Waals surface area contributed by atoms with Crippen LogP contribution < -0.4 is 0 Å². The Hall–Kier alpha value is -1.87. The Bertz CT molecular complexity index is 639. The minimum Gasteiger partial charge on any atom is -0.338 e. The number of H-pyrrole nitrogens is 1. The first-order valence-electron chi connectivity index (χ1n) is 6.55. The van der Waals surface area contributed by atoms with Crippen LogP contribution in [0.5, 0.6) is 0 Å². The normalized spacial score (nSPS) is 10.8. The quantitative estimate of drug-likeness (QED) is 0.726. The summed E-state index contributed by atoms with van der Waals surface area (Å²) in [7, 11) is 0. The van der Waals surface area contributed by atoms with Gasteiger partial charge in [0.15, 0.2) is 0 Å². The summed E-state index contributed by atoms with van der Waals surface area (Å²) in [6.07, 6.45) is 2.11. The molecule has 0 amide bonds. The zero-order valence-electron chi connectivity index (χ0n) is 10.9. The van der Waals surface area contributed by atoms with Gasteiger partial charge < -0.3 is 4.98 Å². The van der Waals surface area contributed by atoms with Crippen LogP contribution in [0.25, 0.3) is 22.6 Å². The number of benzene rings is 1. The van der Waals surface area contributed by atoms with Gasteiger partial charge in [0, 0.05) is 10.9 Å². The SMILES string of the molecule is CCCc1nc(-c2ccsc2)[nH]c1-c1ccccc1. The van der Waals surface area contributed by atoms with Crippen molar-refractivity contribution in [3.63, 3.8) is 0 Å². The highest BCUT2D eigenvalue weighted by Crippen LogP contribution is 2.27. The lowest BCUT2D eigenvalue weighted by Crippen LogP contribution is -1.87. The Kier molecular flexibility index (Phi) is 3.47. The number of aromatic nitrogens is 2. The first kappa shape index (κ1) is 12.2. The highest BCUT2D eigenvalue weighted by atomic mass is 32.1. The first-order chi connectivity index (χ1) is 9.38. The van der Waals surface area contributed by atoms with Crippen LogP contribution in [0.15, 0.2) is 47.2 Å². The molecule has 0 atom stereocenters. The molecule has 3 rings (SSSR count). The van der Waals surface area contributed by atoms with E-state index in [2.05, 4.69) is 53.0 Å². The molecule has 0 saturated carbocycles. The van der Waals surface area contributed by atoms with Gasteiger partial charge in [0.1, 0.15) is 5.82 Å². The van der Waals surface area contributed by atoms with Gasteiger partial charge in [0.2, 0.25) is 0 Å². The fourth-order valence-electron chi connectivity index (χ4n) is 2.21. The maximum absolute atomic E-state index is 4.77. The molecule has 0 radical (unpaired) electrons. The van der Waals surface area contributed by atoms with Crippen LogP contribution in [-0.4, -0.2) is 9.97 Å². The largest absolute Gasteiger partial charge is 0.338 e. The average molecular weight is 268 g/mol. The fourth-order valence-corrected chi connectivity index (χ4v) is 2.85. The Morgan fingerprint density at radius 2 is 1.95 bits per heavy atom. The Labute approximate surface area is 117 Å². The van der Waals surface area contributed by atoms with Crippen molar-refractivity contribution in [2.24, 2.45) is 0 Å². The van der Waals surface area contributed by atoms with Gasteiger partial charge >= 0.3 is 0 Å². The van der Waals surface area contributed by atoms with Crippen molar-refractivity contribution in [1.82, 2.24) is 9.97 Å². The summed E-state index contributed by atoms with van der Waals surface area (Å²) in [5, 5.41) is 4.21. The predicted molar refractivity (Wildman–Crippen MR) is 81.3 cm³/mol. The first-order valence-corrected chi connectivity index (χ1v) is 7.49. The van der Waals surface area contributed by atoms with E-state index >= 15 is 0 Å². The Morgan fingerprint density at radius 3 is 2.63 bits per heavy atom. The molecule has 3 heteroatoms. The zero-order valence-corrected chi connectivity index (χ0v) is 11.7. The van der Waals surface area contributed by atoms with Crippen LogP contribution in [0.2, 0.25) is 0 Å². The van der Waals surface area contributed by atoms with E-state index in [9.17, 15) is 0 Å². The lowest BCUT2D eigenvalue weighted by atomic mass is 10.1. The van der Waals surface area contributed by atoms with E-state index in [1.165, 1.54) is 11.1 Å². The maximum Gasteiger partial charge on any atom is 0.138 e. The van der Waals surface area contributed by atoms with Crippen molar-refractivity contribution in [2.45, 2.75) is 19.8 Å². The van der Waals surface area contributed by atoms with E-state index in [1.54, 1.807) is 11.3 Å². The van der Waals surface area contributed by atoms with Crippen molar-refractivity contribution in [3.05, 3.63) is 52.9 Å². The topological polar surface area (TPSA) is 28.7 Å². The van der Waals surface area contributed by atoms with Gasteiger partial charge in [0.25, 0.3) is 0 Å². The molecule has 0 aliphatic carbocycles. The van der Waals surface area contributed by atoms with Crippen molar-refractivity contribution in [3.8, 4) is 22.6 Å². The molecule has 0 bridgehead atoms. The molecular weight excluding hydrogens is 252 g/mol. The summed E-state index contributed by atoms with van der Waals surface area (Å²) < 4.78 is 0. The molecule has 0 aliphatic rings. The molecule has 2 nitrogen and oxygen atoms in total. The number of imidazole rings is 1. The molecule has 2 aromatic heterocycles. The summed E-state index contributed by atoms with van der Waals surface area (Å²) in [4.78, 5) is 8.25. The van der Waals surface area contributed by atoms with Gasteiger partial charge in [-0.25, -0.2) is 4.98 Å². The van der Waals surface area contributed by atoms with Gasteiger partial charge in [-0.1, -0.05) is 43.7 Å². The van der Waals surface area contributed by atoms with Crippen molar-refractivity contribution in [1.29, 1.82) is 0 Å². The number of thiophene rings is 1. The van der Waals surface area contributed by atoms with E-state index in [0.29, 0.717) is 0 Å². The molecule has 96 valence electrons. The highest BCUT2D eigenvalue weighted by Gasteiger charge is 2.12. The van der Waals surface area contributed by atoms with Crippen molar-refractivity contribution < 1.29 is 0 Å². The van der Waals surface area contributed by atoms with Gasteiger partial charge in [0.05, 0.1) is 11.4 Å². The Morgan fingerprint density at radius 1 is 1.11 bits per heavy atom. The molecule has 0 spiro atoms. The smallest absolute Gasteiger partial charge is 0.138 e. The van der Waals surface area contributed by atoms with Crippen LogP contribution in [-0.2, 0) is 6.42 Å². The number of aromatic amines is 1. The molecule has 2 heterocycles. The molecule has 19 heavy (non-hydrogen) atoms. The summed E-state index contributed by atoms with van der Waals surface area (Å²) in [5.41, 5.74) is 4.70. The molecule has 1 aromatic carbocycles. The standard InChI is InChI=1S/C16H16N2S/c1-2-6-14-15(12-7-4-3-5-8-12)18-16(17-14)13-9-10-19-11-13/h3-5,7-11H,2,6H2,1H3,(H,17,18). The Balaban J connectivity index is 2.08. The van der Waals surface area contributed by atoms with Crippen LogP contribution >= 0.6 is 11.3 Å². The van der Waals surface area contributed by atoms with Gasteiger partial charge in [-0.05, 0) is 23.4 Å². The minimum atomic E-state index is 0.976. The zero-order chi connectivity index (χ0) is 13.1. The second-order valence-electron chi connectivity index (χ2n) is 4.54. The lowest BCUT2D eigenvalue weighted by molar-refractivity contribution is 0.895. The lowest BCUT2D eigenvalue weighted by Gasteiger charge is -2.00. The number of nitrogens with zero attached hydrogens (tertiary/aromatic N) is 1. The van der Waals surface area contributed by atoms with Crippen molar-refractivity contribution >= 4 is 11.3 Å². The molecule has 3 aromatic rings. The monoisotopic (exact) mass is 268 g/mol. The third-order valence-corrected chi connectivity index (χ3v) is 3.81. The van der Waals surface area contributed by atoms with E-state index < -0.39 is 0 Å². The predicted octanol–water partition coefficient (Wildman–Crippen LogP) is 4.76. The molecule has 0 aliphatic heterocycles. The second-order valence-corrected chi connectivity index (χ2v) is 5.32. The minimum absolute atomic E-state index is 0.976. The molecule has 1 N–H and O–H groups in total. The summed E-state index contributed by atoms with van der Waals surface area (Å²) in [6, 6.07) is 12.5. The number of hydrogen-bond donors (Lipinski definition) is 1. The number of rotatable bonds is 4. The molecule has 0 fully saturated rings. The third kappa shape index (κ3) is 2.47. The van der Waals surface area contributed by atoms with Crippen LogP contribution in [0, 0.1) is 0 Å². The maximum atomic E-state index is 4.77. The third-order valence-electron chi connectivity index (χ3n) is 3.12. The molecule has 0 saturated heterocycles. The van der Waals surface area contributed by atoms with E-state index in [-0.39, 0.29) is 0 Å². The molecule has 0 unspecified atom stereocenters.